The van der Waals surface area contributed by atoms with Gasteiger partial charge in [-0.25, -0.2) is 0 Å². The van der Waals surface area contributed by atoms with Crippen LogP contribution >= 0.6 is 0 Å². The Balaban J connectivity index is 1.60. The zero-order valence-electron chi connectivity index (χ0n) is 12.0. The number of hydrogen-bond donors (Lipinski definition) is 1. The highest BCUT2D eigenvalue weighted by Crippen LogP contribution is 2.43. The van der Waals surface area contributed by atoms with Crippen LogP contribution in [-0.4, -0.2) is 5.91 Å². The van der Waals surface area contributed by atoms with Crippen LogP contribution < -0.4 is 5.32 Å². The number of amides is 1. The van der Waals surface area contributed by atoms with Crippen molar-refractivity contribution in [2.75, 3.05) is 0 Å². The average Bonchev–Trinajstić information content (AvgIpc) is 2.83. The SMILES string of the molecule is O=C1C[C@@H]2Cc3cc(C4CCCCCC4)ccc3[C@@H]2N1. The number of nitrogens with one attached hydrogen (secondary N) is 1. The molecule has 106 valence electrons. The standard InChI is InChI=1S/C18H23NO/c20-17-11-15-10-14-9-13(7-8-16(14)18(15)19-17)12-5-3-1-2-4-6-12/h7-9,12,15,18H,1-6,10-11H2,(H,19,20)/t15-,18+/m0/s1. The molecular weight excluding hydrogens is 246 g/mol. The number of fused-ring (bicyclic) bond motifs is 3. The first-order valence-corrected chi connectivity index (χ1v) is 8.23. The van der Waals surface area contributed by atoms with Gasteiger partial charge in [0.2, 0.25) is 5.91 Å². The summed E-state index contributed by atoms with van der Waals surface area (Å²) >= 11 is 0. The van der Waals surface area contributed by atoms with E-state index in [-0.39, 0.29) is 5.91 Å². The number of benzene rings is 1. The Morgan fingerprint density at radius 2 is 1.80 bits per heavy atom. The molecule has 3 aliphatic rings. The normalized spacial score (nSPS) is 29.7. The van der Waals surface area contributed by atoms with Gasteiger partial charge in [-0.15, -0.1) is 0 Å². The summed E-state index contributed by atoms with van der Waals surface area (Å²) in [7, 11) is 0. The quantitative estimate of drug-likeness (QED) is 0.771. The van der Waals surface area contributed by atoms with Crippen molar-refractivity contribution in [2.24, 2.45) is 5.92 Å². The zero-order chi connectivity index (χ0) is 13.5. The molecule has 20 heavy (non-hydrogen) atoms. The Kier molecular flexibility index (Phi) is 3.05. The molecule has 2 heteroatoms. The van der Waals surface area contributed by atoms with Gasteiger partial charge in [0.1, 0.15) is 0 Å². The number of carbonyl (C=O) groups excluding carboxylic acids is 1. The summed E-state index contributed by atoms with van der Waals surface area (Å²) in [6.45, 7) is 0. The minimum Gasteiger partial charge on any atom is -0.349 e. The molecule has 0 radical (unpaired) electrons. The van der Waals surface area contributed by atoms with Crippen molar-refractivity contribution in [1.82, 2.24) is 5.32 Å². The smallest absolute Gasteiger partial charge is 0.220 e. The molecular formula is C18H23NO. The van der Waals surface area contributed by atoms with Gasteiger partial charge in [-0.05, 0) is 47.8 Å². The summed E-state index contributed by atoms with van der Waals surface area (Å²) in [5.74, 6) is 1.53. The highest BCUT2D eigenvalue weighted by molar-refractivity contribution is 5.80. The van der Waals surface area contributed by atoms with E-state index in [1.54, 1.807) is 5.56 Å². The van der Waals surface area contributed by atoms with Gasteiger partial charge >= 0.3 is 0 Å². The molecule has 2 fully saturated rings. The van der Waals surface area contributed by atoms with Gasteiger partial charge in [-0.1, -0.05) is 43.9 Å². The molecule has 1 saturated heterocycles. The topological polar surface area (TPSA) is 29.1 Å². The van der Waals surface area contributed by atoms with Crippen LogP contribution in [0.1, 0.15) is 73.6 Å². The molecule has 1 N–H and O–H groups in total. The third-order valence-corrected chi connectivity index (χ3v) is 5.55. The maximum Gasteiger partial charge on any atom is 0.220 e. The first kappa shape index (κ1) is 12.4. The summed E-state index contributed by atoms with van der Waals surface area (Å²) in [5.41, 5.74) is 4.44. The Hall–Kier alpha value is -1.31. The fourth-order valence-electron chi connectivity index (χ4n) is 4.48. The zero-order valence-corrected chi connectivity index (χ0v) is 12.0. The van der Waals surface area contributed by atoms with Crippen molar-refractivity contribution in [1.29, 1.82) is 0 Å². The third-order valence-electron chi connectivity index (χ3n) is 5.55. The van der Waals surface area contributed by atoms with Gasteiger partial charge in [0.15, 0.2) is 0 Å². The summed E-state index contributed by atoms with van der Waals surface area (Å²) in [6, 6.07) is 7.39. The summed E-state index contributed by atoms with van der Waals surface area (Å²) in [5, 5.41) is 3.14. The van der Waals surface area contributed by atoms with Gasteiger partial charge < -0.3 is 5.32 Å². The van der Waals surface area contributed by atoms with Gasteiger partial charge in [0.05, 0.1) is 6.04 Å². The second-order valence-corrected chi connectivity index (χ2v) is 6.86. The predicted molar refractivity (Wildman–Crippen MR) is 79.6 cm³/mol. The first-order chi connectivity index (χ1) is 9.81. The van der Waals surface area contributed by atoms with Crippen LogP contribution in [0.15, 0.2) is 18.2 Å². The van der Waals surface area contributed by atoms with Crippen LogP contribution in [0, 0.1) is 5.92 Å². The van der Waals surface area contributed by atoms with Gasteiger partial charge in [-0.2, -0.15) is 0 Å². The van der Waals surface area contributed by atoms with Crippen LogP contribution in [0.2, 0.25) is 0 Å². The molecule has 0 unspecified atom stereocenters. The highest BCUT2D eigenvalue weighted by Gasteiger charge is 2.39. The van der Waals surface area contributed by atoms with E-state index in [9.17, 15) is 4.79 Å². The highest BCUT2D eigenvalue weighted by atomic mass is 16.2. The lowest BCUT2D eigenvalue weighted by atomic mass is 9.89. The van der Waals surface area contributed by atoms with Crippen molar-refractivity contribution >= 4 is 5.91 Å². The van der Waals surface area contributed by atoms with Crippen molar-refractivity contribution < 1.29 is 4.79 Å². The molecule has 0 spiro atoms. The number of rotatable bonds is 1. The first-order valence-electron chi connectivity index (χ1n) is 8.23. The Bertz CT molecular complexity index is 528. The maximum absolute atomic E-state index is 11.5. The Labute approximate surface area is 121 Å². The fourth-order valence-corrected chi connectivity index (χ4v) is 4.48. The second kappa shape index (κ2) is 4.91. The van der Waals surface area contributed by atoms with Gasteiger partial charge in [-0.3, -0.25) is 4.79 Å². The molecule has 4 rings (SSSR count). The Morgan fingerprint density at radius 1 is 1.00 bits per heavy atom. The van der Waals surface area contributed by atoms with E-state index in [1.807, 2.05) is 0 Å². The molecule has 2 aliphatic carbocycles. The van der Waals surface area contributed by atoms with Crippen molar-refractivity contribution in [3.63, 3.8) is 0 Å². The molecule has 1 heterocycles. The van der Waals surface area contributed by atoms with E-state index in [0.717, 1.165) is 18.8 Å². The monoisotopic (exact) mass is 269 g/mol. The molecule has 1 aromatic rings. The van der Waals surface area contributed by atoms with E-state index in [4.69, 9.17) is 0 Å². The number of hydrogen-bond acceptors (Lipinski definition) is 1. The lowest BCUT2D eigenvalue weighted by molar-refractivity contribution is -0.119. The van der Waals surface area contributed by atoms with Crippen LogP contribution in [-0.2, 0) is 11.2 Å². The Morgan fingerprint density at radius 3 is 2.60 bits per heavy atom. The minimum absolute atomic E-state index is 0.235. The van der Waals surface area contributed by atoms with Crippen molar-refractivity contribution in [2.45, 2.75) is 63.3 Å². The van der Waals surface area contributed by atoms with Crippen molar-refractivity contribution in [3.05, 3.63) is 34.9 Å². The molecule has 2 atom stereocenters. The van der Waals surface area contributed by atoms with Crippen LogP contribution in [0.5, 0.6) is 0 Å². The third kappa shape index (κ3) is 2.06. The van der Waals surface area contributed by atoms with Crippen LogP contribution in [0.3, 0.4) is 0 Å². The molecule has 1 saturated carbocycles. The lowest BCUT2D eigenvalue weighted by Crippen LogP contribution is -2.18. The van der Waals surface area contributed by atoms with E-state index < -0.39 is 0 Å². The molecule has 0 aromatic heterocycles. The van der Waals surface area contributed by atoms with Gasteiger partial charge in [0, 0.05) is 6.42 Å². The summed E-state index contributed by atoms with van der Waals surface area (Å²) in [4.78, 5) is 11.5. The second-order valence-electron chi connectivity index (χ2n) is 6.86. The largest absolute Gasteiger partial charge is 0.349 e. The number of carbonyl (C=O) groups is 1. The van der Waals surface area contributed by atoms with E-state index in [1.165, 1.54) is 49.7 Å². The summed E-state index contributed by atoms with van der Waals surface area (Å²) in [6.07, 6.45) is 10.2. The molecule has 2 nitrogen and oxygen atoms in total. The van der Waals surface area contributed by atoms with E-state index in [0.29, 0.717) is 12.0 Å². The fraction of sp³-hybridized carbons (Fsp3) is 0.611. The summed E-state index contributed by atoms with van der Waals surface area (Å²) < 4.78 is 0. The van der Waals surface area contributed by atoms with Crippen LogP contribution in [0.25, 0.3) is 0 Å². The minimum atomic E-state index is 0.235. The van der Waals surface area contributed by atoms with E-state index in [2.05, 4.69) is 23.5 Å². The van der Waals surface area contributed by atoms with Crippen LogP contribution in [0.4, 0.5) is 0 Å². The van der Waals surface area contributed by atoms with E-state index >= 15 is 0 Å². The van der Waals surface area contributed by atoms with Gasteiger partial charge in [0.25, 0.3) is 0 Å². The molecule has 1 aliphatic heterocycles. The molecule has 0 bridgehead atoms. The lowest BCUT2D eigenvalue weighted by Gasteiger charge is -2.16. The average molecular weight is 269 g/mol. The van der Waals surface area contributed by atoms with Crippen molar-refractivity contribution in [3.8, 4) is 0 Å². The molecule has 1 aromatic carbocycles. The molecule has 1 amide bonds. The predicted octanol–water partition coefficient (Wildman–Crippen LogP) is 3.86. The maximum atomic E-state index is 11.5.